The number of anilines is 2. The molecule has 3 aliphatic rings. The van der Waals surface area contributed by atoms with Crippen LogP contribution in [0.25, 0.3) is 0 Å². The average molecular weight is 559 g/mol. The summed E-state index contributed by atoms with van der Waals surface area (Å²) in [5, 5.41) is 5.28. The Hall–Kier alpha value is -3.54. The van der Waals surface area contributed by atoms with Crippen molar-refractivity contribution in [3.63, 3.8) is 0 Å². The number of rotatable bonds is 7. The van der Waals surface area contributed by atoms with Gasteiger partial charge in [-0.25, -0.2) is 9.59 Å². The number of benzene rings is 1. The van der Waals surface area contributed by atoms with E-state index in [4.69, 9.17) is 9.47 Å². The highest BCUT2D eigenvalue weighted by Crippen LogP contribution is 2.34. The first kappa shape index (κ1) is 29.4. The minimum absolute atomic E-state index is 0.0252. The molecule has 3 saturated heterocycles. The fourth-order valence-corrected chi connectivity index (χ4v) is 5.27. The molecule has 12 heteroatoms. The van der Waals surface area contributed by atoms with E-state index in [1.807, 2.05) is 43.9 Å². The lowest BCUT2D eigenvalue weighted by Gasteiger charge is -2.37. The average Bonchev–Trinajstić information content (AvgIpc) is 2.91. The maximum atomic E-state index is 12.8. The van der Waals surface area contributed by atoms with Gasteiger partial charge in [-0.3, -0.25) is 24.7 Å². The number of nitrogens with one attached hydrogen (secondary N) is 2. The van der Waals surface area contributed by atoms with Gasteiger partial charge in [0.1, 0.15) is 11.4 Å². The number of hydrogen-bond donors (Lipinski definition) is 2. The molecule has 1 aromatic rings. The van der Waals surface area contributed by atoms with Crippen molar-refractivity contribution in [2.75, 3.05) is 69.3 Å². The van der Waals surface area contributed by atoms with Gasteiger partial charge in [0.2, 0.25) is 11.8 Å². The highest BCUT2D eigenvalue weighted by Gasteiger charge is 2.29. The fraction of sp³-hybridized carbons (Fsp3) is 0.643. The number of hydrogen-bond acceptors (Lipinski definition) is 8. The zero-order valence-electron chi connectivity index (χ0n) is 24.0. The van der Waals surface area contributed by atoms with Crippen molar-refractivity contribution in [2.24, 2.45) is 0 Å². The summed E-state index contributed by atoms with van der Waals surface area (Å²) in [6.45, 7) is 11.1. The van der Waals surface area contributed by atoms with Crippen molar-refractivity contribution >= 4 is 35.3 Å². The Balaban J connectivity index is 1.21. The van der Waals surface area contributed by atoms with E-state index in [-0.39, 0.29) is 24.3 Å². The van der Waals surface area contributed by atoms with E-state index in [0.29, 0.717) is 44.0 Å². The summed E-state index contributed by atoms with van der Waals surface area (Å²) in [6, 6.07) is 5.36. The van der Waals surface area contributed by atoms with Gasteiger partial charge >= 0.3 is 12.1 Å². The Morgan fingerprint density at radius 3 is 2.35 bits per heavy atom. The Bertz CT molecular complexity index is 1090. The molecule has 0 radical (unpaired) electrons. The predicted octanol–water partition coefficient (Wildman–Crippen LogP) is 2.17. The second-order valence-corrected chi connectivity index (χ2v) is 11.5. The van der Waals surface area contributed by atoms with Crippen molar-refractivity contribution in [3.05, 3.63) is 18.2 Å². The van der Waals surface area contributed by atoms with Crippen LogP contribution in [0.3, 0.4) is 0 Å². The highest BCUT2D eigenvalue weighted by molar-refractivity contribution is 6.06. The van der Waals surface area contributed by atoms with E-state index >= 15 is 0 Å². The molecule has 0 saturated carbocycles. The molecule has 220 valence electrons. The van der Waals surface area contributed by atoms with Gasteiger partial charge in [-0.1, -0.05) is 0 Å². The summed E-state index contributed by atoms with van der Waals surface area (Å²) in [7, 11) is 1.56. The third kappa shape index (κ3) is 7.77. The lowest BCUT2D eigenvalue weighted by Crippen LogP contribution is -2.50. The van der Waals surface area contributed by atoms with Crippen LogP contribution >= 0.6 is 0 Å². The third-order valence-electron chi connectivity index (χ3n) is 7.46. The summed E-state index contributed by atoms with van der Waals surface area (Å²) in [4.78, 5) is 56.9. The lowest BCUT2D eigenvalue weighted by atomic mass is 10.0. The first-order chi connectivity index (χ1) is 19.0. The number of nitrogens with zero attached hydrogens (tertiary/aromatic N) is 4. The number of methoxy groups -OCH3 is 1. The molecule has 0 spiro atoms. The molecule has 0 unspecified atom stereocenters. The largest absolute Gasteiger partial charge is 0.495 e. The van der Waals surface area contributed by atoms with Gasteiger partial charge in [0, 0.05) is 76.9 Å². The fourth-order valence-electron chi connectivity index (χ4n) is 5.27. The lowest BCUT2D eigenvalue weighted by molar-refractivity contribution is -0.132. The molecular weight excluding hydrogens is 516 g/mol. The van der Waals surface area contributed by atoms with E-state index in [1.54, 1.807) is 12.0 Å². The van der Waals surface area contributed by atoms with Crippen molar-refractivity contribution in [1.29, 1.82) is 0 Å². The molecule has 3 fully saturated rings. The van der Waals surface area contributed by atoms with Gasteiger partial charge in [0.05, 0.1) is 12.8 Å². The van der Waals surface area contributed by atoms with E-state index in [0.717, 1.165) is 44.7 Å². The van der Waals surface area contributed by atoms with Crippen molar-refractivity contribution in [3.8, 4) is 5.75 Å². The molecule has 0 bridgehead atoms. The van der Waals surface area contributed by atoms with Crippen molar-refractivity contribution < 1.29 is 28.7 Å². The number of piperazine rings is 1. The van der Waals surface area contributed by atoms with Crippen LogP contribution in [0.5, 0.6) is 5.75 Å². The quantitative estimate of drug-likeness (QED) is 0.522. The number of alkyl carbamates (subject to hydrolysis) is 1. The van der Waals surface area contributed by atoms with Crippen LogP contribution in [0, 0.1) is 0 Å². The number of imide groups is 1. The molecular formula is C28H42N6O6. The molecule has 0 aromatic heterocycles. The molecule has 40 heavy (non-hydrogen) atoms. The summed E-state index contributed by atoms with van der Waals surface area (Å²) >= 11 is 0. The van der Waals surface area contributed by atoms with E-state index in [1.165, 1.54) is 0 Å². The summed E-state index contributed by atoms with van der Waals surface area (Å²) in [6.07, 6.45) is 1.76. The minimum Gasteiger partial charge on any atom is -0.495 e. The molecule has 0 atom stereocenters. The molecule has 12 nitrogen and oxygen atoms in total. The summed E-state index contributed by atoms with van der Waals surface area (Å²) < 4.78 is 10.8. The maximum Gasteiger partial charge on any atom is 0.407 e. The first-order valence-corrected chi connectivity index (χ1v) is 14.1. The van der Waals surface area contributed by atoms with Gasteiger partial charge in [-0.05, 0) is 51.8 Å². The normalized spacial score (nSPS) is 19.4. The van der Waals surface area contributed by atoms with Gasteiger partial charge in [0.25, 0.3) is 0 Å². The molecule has 2 N–H and O–H groups in total. The van der Waals surface area contributed by atoms with E-state index in [2.05, 4.69) is 20.4 Å². The first-order valence-electron chi connectivity index (χ1n) is 14.1. The maximum absolute atomic E-state index is 12.8. The van der Waals surface area contributed by atoms with Gasteiger partial charge < -0.3 is 24.6 Å². The monoisotopic (exact) mass is 558 g/mol. The number of carbonyl (C=O) groups is 4. The van der Waals surface area contributed by atoms with E-state index in [9.17, 15) is 19.2 Å². The zero-order valence-corrected chi connectivity index (χ0v) is 24.0. The Kier molecular flexibility index (Phi) is 9.39. The molecule has 5 amide bonds. The predicted molar refractivity (Wildman–Crippen MR) is 151 cm³/mol. The highest BCUT2D eigenvalue weighted by atomic mass is 16.6. The second-order valence-electron chi connectivity index (χ2n) is 11.5. The van der Waals surface area contributed by atoms with Crippen LogP contribution in [0.4, 0.5) is 21.0 Å². The number of urea groups is 1. The molecule has 1 aromatic carbocycles. The Morgan fingerprint density at radius 2 is 1.73 bits per heavy atom. The van der Waals surface area contributed by atoms with Crippen LogP contribution in [-0.4, -0.2) is 105 Å². The topological polar surface area (TPSA) is 124 Å². The molecule has 4 rings (SSSR count). The van der Waals surface area contributed by atoms with Crippen LogP contribution < -0.4 is 25.2 Å². The molecule has 0 aliphatic carbocycles. The number of amides is 5. The van der Waals surface area contributed by atoms with Gasteiger partial charge in [-0.2, -0.15) is 0 Å². The SMILES string of the molecule is COc1ccc(N2CCN(CCC(=O)N3CCC(NC(=O)OC(C)(C)C)CC3)CC2)cc1N1CCC(=O)NC1=O. The summed E-state index contributed by atoms with van der Waals surface area (Å²) in [5.74, 6) is 0.456. The number of piperidine rings is 1. The van der Waals surface area contributed by atoms with Crippen molar-refractivity contribution in [2.45, 2.75) is 58.1 Å². The van der Waals surface area contributed by atoms with Crippen LogP contribution in [0.15, 0.2) is 18.2 Å². The third-order valence-corrected chi connectivity index (χ3v) is 7.46. The standard InChI is InChI=1S/C28H42N6O6/c1-28(2,3)40-27(38)29-20-7-12-33(13-8-20)25(36)10-11-31-15-17-32(18-16-31)21-5-6-23(39-4)22(19-21)34-14-9-24(35)30-26(34)37/h5-6,19-20H,7-18H2,1-4H3,(H,29,38)(H,30,35,37). The number of ether oxygens (including phenoxy) is 2. The second kappa shape index (κ2) is 12.8. The van der Waals surface area contributed by atoms with E-state index < -0.39 is 17.7 Å². The van der Waals surface area contributed by atoms with Gasteiger partial charge in [0.15, 0.2) is 0 Å². The van der Waals surface area contributed by atoms with Crippen LogP contribution in [0.2, 0.25) is 0 Å². The Morgan fingerprint density at radius 1 is 1.02 bits per heavy atom. The molecule has 3 aliphatic heterocycles. The molecule has 3 heterocycles. The number of carbonyl (C=O) groups excluding carboxylic acids is 4. The summed E-state index contributed by atoms with van der Waals surface area (Å²) in [5.41, 5.74) is 1.10. The van der Waals surface area contributed by atoms with Crippen LogP contribution in [-0.2, 0) is 14.3 Å². The smallest absolute Gasteiger partial charge is 0.407 e. The number of likely N-dealkylation sites (tertiary alicyclic amines) is 1. The minimum atomic E-state index is -0.530. The van der Waals surface area contributed by atoms with Crippen LogP contribution in [0.1, 0.15) is 46.5 Å². The van der Waals surface area contributed by atoms with Gasteiger partial charge in [-0.15, -0.1) is 0 Å². The Labute approximate surface area is 235 Å². The van der Waals surface area contributed by atoms with Crippen molar-refractivity contribution in [1.82, 2.24) is 20.4 Å². The zero-order chi connectivity index (χ0) is 28.9.